The van der Waals surface area contributed by atoms with Crippen molar-refractivity contribution in [2.45, 2.75) is 11.7 Å². The van der Waals surface area contributed by atoms with Gasteiger partial charge < -0.3 is 5.32 Å². The largest absolute Gasteiger partial charge is 0.324 e. The average Bonchev–Trinajstić information content (AvgIpc) is 3.21. The summed E-state index contributed by atoms with van der Waals surface area (Å²) in [4.78, 5) is 12.5. The van der Waals surface area contributed by atoms with Gasteiger partial charge in [0.15, 0.2) is 11.0 Å². The first-order chi connectivity index (χ1) is 15.7. The minimum absolute atomic E-state index is 0.0595. The first-order valence-corrected chi connectivity index (χ1v) is 10.8. The van der Waals surface area contributed by atoms with Gasteiger partial charge in [0.05, 0.1) is 29.1 Å². The molecule has 4 rings (SSSR count). The Balaban J connectivity index is 1.57. The molecule has 1 N–H and O–H groups in total. The Labute approximate surface area is 188 Å². The van der Waals surface area contributed by atoms with Gasteiger partial charge in [-0.25, -0.2) is 4.39 Å². The van der Waals surface area contributed by atoms with Crippen LogP contribution in [0.15, 0.2) is 84.0 Å². The molecule has 0 bridgehead atoms. The highest BCUT2D eigenvalue weighted by molar-refractivity contribution is 7.99. The Morgan fingerprint density at radius 2 is 1.72 bits per heavy atom. The normalized spacial score (nSPS) is 10.5. The van der Waals surface area contributed by atoms with Gasteiger partial charge in [0.2, 0.25) is 5.91 Å². The molecular formula is C24H18FN5OS. The van der Waals surface area contributed by atoms with Crippen LogP contribution in [0.2, 0.25) is 0 Å². The lowest BCUT2D eigenvalue weighted by Gasteiger charge is -2.11. The highest BCUT2D eigenvalue weighted by atomic mass is 32.2. The van der Waals surface area contributed by atoms with Crippen LogP contribution in [-0.2, 0) is 11.3 Å². The van der Waals surface area contributed by atoms with Crippen molar-refractivity contribution in [3.05, 3.63) is 95.8 Å². The number of nitrogens with one attached hydrogen (secondary N) is 1. The number of carbonyl (C=O) groups excluding carboxylic acids is 1. The van der Waals surface area contributed by atoms with E-state index in [0.717, 1.165) is 5.56 Å². The first kappa shape index (κ1) is 21.3. The summed E-state index contributed by atoms with van der Waals surface area (Å²) < 4.78 is 16.3. The third-order valence-corrected chi connectivity index (χ3v) is 5.64. The van der Waals surface area contributed by atoms with E-state index >= 15 is 0 Å². The van der Waals surface area contributed by atoms with Crippen LogP contribution in [0.4, 0.5) is 10.1 Å². The van der Waals surface area contributed by atoms with Gasteiger partial charge in [-0.1, -0.05) is 66.4 Å². The van der Waals surface area contributed by atoms with Crippen LogP contribution in [0.5, 0.6) is 0 Å². The molecule has 0 atom stereocenters. The van der Waals surface area contributed by atoms with E-state index in [-0.39, 0.29) is 11.7 Å². The lowest BCUT2D eigenvalue weighted by Crippen LogP contribution is -2.15. The summed E-state index contributed by atoms with van der Waals surface area (Å²) in [6.45, 7) is 0.429. The second-order valence-electron chi connectivity index (χ2n) is 6.85. The summed E-state index contributed by atoms with van der Waals surface area (Å²) in [5.74, 6) is -0.218. The number of aromatic nitrogens is 3. The summed E-state index contributed by atoms with van der Waals surface area (Å²) in [6.07, 6.45) is 0. The topological polar surface area (TPSA) is 83.6 Å². The van der Waals surface area contributed by atoms with E-state index in [1.807, 2.05) is 30.3 Å². The van der Waals surface area contributed by atoms with Crippen molar-refractivity contribution in [1.29, 1.82) is 5.26 Å². The average molecular weight is 444 g/mol. The summed E-state index contributed by atoms with van der Waals surface area (Å²) in [5.41, 5.74) is 2.19. The van der Waals surface area contributed by atoms with Crippen molar-refractivity contribution in [2.24, 2.45) is 0 Å². The zero-order valence-electron chi connectivity index (χ0n) is 16.9. The number of carbonyl (C=O) groups is 1. The lowest BCUT2D eigenvalue weighted by molar-refractivity contribution is -0.113. The van der Waals surface area contributed by atoms with Gasteiger partial charge >= 0.3 is 0 Å². The van der Waals surface area contributed by atoms with Crippen LogP contribution in [0.1, 0.15) is 11.1 Å². The van der Waals surface area contributed by atoms with Gasteiger partial charge in [0, 0.05) is 0 Å². The molecule has 0 spiro atoms. The fraction of sp³-hybridized carbons (Fsp3) is 0.0833. The number of rotatable bonds is 7. The molecule has 0 radical (unpaired) electrons. The third-order valence-electron chi connectivity index (χ3n) is 4.67. The number of thioether (sulfide) groups is 1. The Morgan fingerprint density at radius 3 is 2.50 bits per heavy atom. The maximum Gasteiger partial charge on any atom is 0.234 e. The monoisotopic (exact) mass is 443 g/mol. The molecule has 0 aliphatic carbocycles. The Kier molecular flexibility index (Phi) is 6.58. The van der Waals surface area contributed by atoms with Crippen molar-refractivity contribution >= 4 is 23.4 Å². The van der Waals surface area contributed by atoms with Crippen LogP contribution in [-0.4, -0.2) is 26.4 Å². The molecule has 0 aliphatic rings. The summed E-state index contributed by atoms with van der Waals surface area (Å²) in [6, 6.07) is 25.0. The molecule has 1 aromatic heterocycles. The number of amides is 1. The maximum atomic E-state index is 14.5. The van der Waals surface area contributed by atoms with Crippen LogP contribution in [0.3, 0.4) is 0 Å². The Hall–Kier alpha value is -3.96. The molecule has 6 nitrogen and oxygen atoms in total. The standard InChI is InChI=1S/C24H18FN5OS/c25-20-12-6-5-11-19(20)23-28-29-24(30(23)15-17-8-2-1-3-9-17)32-16-22(31)27-21-13-7-4-10-18(21)14-26/h1-13H,15-16H2,(H,27,31). The molecular weight excluding hydrogens is 425 g/mol. The van der Waals surface area contributed by atoms with Gasteiger partial charge in [0.25, 0.3) is 0 Å². The number of para-hydroxylation sites is 1. The highest BCUT2D eigenvalue weighted by Gasteiger charge is 2.18. The Morgan fingerprint density at radius 1 is 1.00 bits per heavy atom. The van der Waals surface area contributed by atoms with Gasteiger partial charge in [-0.05, 0) is 29.8 Å². The molecule has 0 saturated heterocycles. The molecule has 3 aromatic carbocycles. The van der Waals surface area contributed by atoms with Crippen LogP contribution in [0, 0.1) is 17.1 Å². The number of benzene rings is 3. The minimum atomic E-state index is -0.392. The van der Waals surface area contributed by atoms with Gasteiger partial charge in [0.1, 0.15) is 11.9 Å². The molecule has 0 unspecified atom stereocenters. The number of hydrogen-bond acceptors (Lipinski definition) is 5. The van der Waals surface area contributed by atoms with E-state index in [2.05, 4.69) is 21.6 Å². The molecule has 4 aromatic rings. The summed E-state index contributed by atoms with van der Waals surface area (Å²) in [5, 5.41) is 20.9. The molecule has 158 valence electrons. The van der Waals surface area contributed by atoms with Gasteiger partial charge in [-0.3, -0.25) is 9.36 Å². The van der Waals surface area contributed by atoms with Crippen molar-refractivity contribution < 1.29 is 9.18 Å². The highest BCUT2D eigenvalue weighted by Crippen LogP contribution is 2.27. The van der Waals surface area contributed by atoms with Gasteiger partial charge in [-0.2, -0.15) is 5.26 Å². The third kappa shape index (κ3) is 4.85. The second kappa shape index (κ2) is 9.90. The van der Waals surface area contributed by atoms with Gasteiger partial charge in [-0.15, -0.1) is 10.2 Å². The number of hydrogen-bond donors (Lipinski definition) is 1. The van der Waals surface area contributed by atoms with Crippen LogP contribution < -0.4 is 5.32 Å². The van der Waals surface area contributed by atoms with Crippen molar-refractivity contribution in [3.8, 4) is 17.5 Å². The van der Waals surface area contributed by atoms with E-state index in [4.69, 9.17) is 0 Å². The van der Waals surface area contributed by atoms with E-state index < -0.39 is 5.82 Å². The smallest absolute Gasteiger partial charge is 0.234 e. The molecule has 0 aliphatic heterocycles. The number of nitriles is 1. The summed E-state index contributed by atoms with van der Waals surface area (Å²) in [7, 11) is 0. The number of anilines is 1. The predicted octanol–water partition coefficient (Wildman–Crippen LogP) is 4.73. The number of nitrogens with zero attached hydrogens (tertiary/aromatic N) is 4. The van der Waals surface area contributed by atoms with Crippen molar-refractivity contribution in [1.82, 2.24) is 14.8 Å². The minimum Gasteiger partial charge on any atom is -0.324 e. The zero-order valence-corrected chi connectivity index (χ0v) is 17.7. The van der Waals surface area contributed by atoms with Crippen LogP contribution >= 0.6 is 11.8 Å². The van der Waals surface area contributed by atoms with E-state index in [0.29, 0.717) is 34.3 Å². The molecule has 0 saturated carbocycles. The molecule has 1 heterocycles. The lowest BCUT2D eigenvalue weighted by atomic mass is 10.2. The molecule has 1 amide bonds. The second-order valence-corrected chi connectivity index (χ2v) is 7.79. The van der Waals surface area contributed by atoms with E-state index in [9.17, 15) is 14.4 Å². The van der Waals surface area contributed by atoms with Crippen LogP contribution in [0.25, 0.3) is 11.4 Å². The maximum absolute atomic E-state index is 14.5. The quantitative estimate of drug-likeness (QED) is 0.417. The summed E-state index contributed by atoms with van der Waals surface area (Å²) >= 11 is 1.20. The zero-order chi connectivity index (χ0) is 22.3. The SMILES string of the molecule is N#Cc1ccccc1NC(=O)CSc1nnc(-c2ccccc2F)n1Cc1ccccc1. The fourth-order valence-corrected chi connectivity index (χ4v) is 3.89. The molecule has 32 heavy (non-hydrogen) atoms. The molecule has 0 fully saturated rings. The Bertz CT molecular complexity index is 1280. The molecule has 8 heteroatoms. The predicted molar refractivity (Wildman–Crippen MR) is 121 cm³/mol. The van der Waals surface area contributed by atoms with E-state index in [1.54, 1.807) is 47.0 Å². The van der Waals surface area contributed by atoms with E-state index in [1.165, 1.54) is 17.8 Å². The fourth-order valence-electron chi connectivity index (χ4n) is 3.15. The first-order valence-electron chi connectivity index (χ1n) is 9.79. The number of halogens is 1. The van der Waals surface area contributed by atoms with Crippen molar-refractivity contribution in [2.75, 3.05) is 11.1 Å². The van der Waals surface area contributed by atoms with Crippen molar-refractivity contribution in [3.63, 3.8) is 0 Å².